The standard InChI is InChI=1S/C10H18O/c1-5-7-9-10(3,11-4)8-6-2/h2H,5,7-9H2,1,3-4H3. The van der Waals surface area contributed by atoms with Gasteiger partial charge in [-0.05, 0) is 13.3 Å². The normalized spacial score (nSPS) is 15.5. The monoisotopic (exact) mass is 154 g/mol. The summed E-state index contributed by atoms with van der Waals surface area (Å²) in [5.41, 5.74) is -0.0925. The minimum atomic E-state index is -0.0925. The summed E-state index contributed by atoms with van der Waals surface area (Å²) in [6, 6.07) is 0. The highest BCUT2D eigenvalue weighted by Gasteiger charge is 2.20. The van der Waals surface area contributed by atoms with Crippen LogP contribution >= 0.6 is 0 Å². The van der Waals surface area contributed by atoms with Gasteiger partial charge in [0.2, 0.25) is 0 Å². The molecule has 0 heterocycles. The first-order chi connectivity index (χ1) is 5.18. The molecule has 0 saturated carbocycles. The Hall–Kier alpha value is -0.480. The number of ether oxygens (including phenoxy) is 1. The van der Waals surface area contributed by atoms with Crippen LogP contribution in [-0.4, -0.2) is 12.7 Å². The van der Waals surface area contributed by atoms with Gasteiger partial charge >= 0.3 is 0 Å². The number of hydrogen-bond donors (Lipinski definition) is 0. The number of rotatable bonds is 5. The first-order valence-electron chi connectivity index (χ1n) is 4.17. The minimum absolute atomic E-state index is 0.0925. The van der Waals surface area contributed by atoms with Crippen molar-refractivity contribution in [3.05, 3.63) is 0 Å². The molecule has 0 rings (SSSR count). The summed E-state index contributed by atoms with van der Waals surface area (Å²) in [6.45, 7) is 4.24. The molecule has 64 valence electrons. The van der Waals surface area contributed by atoms with Crippen molar-refractivity contribution in [1.82, 2.24) is 0 Å². The Morgan fingerprint density at radius 2 is 2.18 bits per heavy atom. The Kier molecular flexibility index (Phi) is 4.98. The average Bonchev–Trinajstić information content (AvgIpc) is 2.02. The molecule has 11 heavy (non-hydrogen) atoms. The largest absolute Gasteiger partial charge is 0.378 e. The van der Waals surface area contributed by atoms with Crippen molar-refractivity contribution in [1.29, 1.82) is 0 Å². The van der Waals surface area contributed by atoms with Gasteiger partial charge in [-0.1, -0.05) is 19.8 Å². The van der Waals surface area contributed by atoms with E-state index in [4.69, 9.17) is 11.2 Å². The van der Waals surface area contributed by atoms with E-state index in [-0.39, 0.29) is 5.60 Å². The molecule has 1 nitrogen and oxygen atoms in total. The predicted molar refractivity (Wildman–Crippen MR) is 48.4 cm³/mol. The third kappa shape index (κ3) is 4.06. The third-order valence-corrected chi connectivity index (χ3v) is 2.03. The Morgan fingerprint density at radius 3 is 2.55 bits per heavy atom. The van der Waals surface area contributed by atoms with E-state index in [1.807, 2.05) is 0 Å². The van der Waals surface area contributed by atoms with E-state index in [9.17, 15) is 0 Å². The zero-order valence-electron chi connectivity index (χ0n) is 7.81. The van der Waals surface area contributed by atoms with Gasteiger partial charge in [-0.25, -0.2) is 0 Å². The van der Waals surface area contributed by atoms with E-state index in [1.165, 1.54) is 12.8 Å². The van der Waals surface area contributed by atoms with Gasteiger partial charge in [0, 0.05) is 13.5 Å². The summed E-state index contributed by atoms with van der Waals surface area (Å²) in [5.74, 6) is 2.64. The lowest BCUT2D eigenvalue weighted by Crippen LogP contribution is -2.26. The molecule has 1 atom stereocenters. The molecule has 0 amide bonds. The SMILES string of the molecule is C#CCC(C)(CCCC)OC. The maximum atomic E-state index is 5.34. The quantitative estimate of drug-likeness (QED) is 0.553. The van der Waals surface area contributed by atoms with Gasteiger partial charge in [0.05, 0.1) is 5.60 Å². The van der Waals surface area contributed by atoms with E-state index in [1.54, 1.807) is 7.11 Å². The highest BCUT2D eigenvalue weighted by molar-refractivity contribution is 4.93. The molecule has 0 spiro atoms. The Morgan fingerprint density at radius 1 is 1.55 bits per heavy atom. The van der Waals surface area contributed by atoms with E-state index in [0.717, 1.165) is 6.42 Å². The summed E-state index contributed by atoms with van der Waals surface area (Å²) in [5, 5.41) is 0. The molecule has 0 radical (unpaired) electrons. The van der Waals surface area contributed by atoms with E-state index in [0.29, 0.717) is 6.42 Å². The van der Waals surface area contributed by atoms with Gasteiger partial charge in [-0.15, -0.1) is 12.3 Å². The van der Waals surface area contributed by atoms with Crippen molar-refractivity contribution >= 4 is 0 Å². The average molecular weight is 154 g/mol. The van der Waals surface area contributed by atoms with E-state index >= 15 is 0 Å². The van der Waals surface area contributed by atoms with E-state index in [2.05, 4.69) is 19.8 Å². The number of unbranched alkanes of at least 4 members (excludes halogenated alkanes) is 1. The number of methoxy groups -OCH3 is 1. The first kappa shape index (κ1) is 10.5. The molecule has 0 saturated heterocycles. The second-order valence-corrected chi connectivity index (χ2v) is 3.14. The Bertz CT molecular complexity index is 134. The van der Waals surface area contributed by atoms with Crippen LogP contribution in [0, 0.1) is 12.3 Å². The van der Waals surface area contributed by atoms with Crippen LogP contribution in [0.2, 0.25) is 0 Å². The molecule has 0 bridgehead atoms. The van der Waals surface area contributed by atoms with Gasteiger partial charge < -0.3 is 4.74 Å². The van der Waals surface area contributed by atoms with Crippen molar-refractivity contribution < 1.29 is 4.74 Å². The molecule has 1 heteroatoms. The van der Waals surface area contributed by atoms with Crippen LogP contribution in [0.4, 0.5) is 0 Å². The fourth-order valence-corrected chi connectivity index (χ4v) is 1.03. The van der Waals surface area contributed by atoms with Crippen molar-refractivity contribution in [2.24, 2.45) is 0 Å². The van der Waals surface area contributed by atoms with Crippen LogP contribution in [-0.2, 0) is 4.74 Å². The fraction of sp³-hybridized carbons (Fsp3) is 0.800. The van der Waals surface area contributed by atoms with Crippen molar-refractivity contribution in [2.75, 3.05) is 7.11 Å². The Labute approximate surface area is 70.1 Å². The maximum absolute atomic E-state index is 5.34. The molecule has 0 aromatic carbocycles. The topological polar surface area (TPSA) is 9.23 Å². The van der Waals surface area contributed by atoms with Crippen LogP contribution < -0.4 is 0 Å². The molecule has 0 fully saturated rings. The summed E-state index contributed by atoms with van der Waals surface area (Å²) >= 11 is 0. The molecular weight excluding hydrogens is 136 g/mol. The van der Waals surface area contributed by atoms with Crippen molar-refractivity contribution in [3.63, 3.8) is 0 Å². The van der Waals surface area contributed by atoms with Crippen LogP contribution in [0.5, 0.6) is 0 Å². The van der Waals surface area contributed by atoms with E-state index < -0.39 is 0 Å². The van der Waals surface area contributed by atoms with Gasteiger partial charge in [0.15, 0.2) is 0 Å². The second kappa shape index (κ2) is 5.21. The smallest absolute Gasteiger partial charge is 0.0759 e. The summed E-state index contributed by atoms with van der Waals surface area (Å²) in [4.78, 5) is 0. The molecule has 1 unspecified atom stereocenters. The van der Waals surface area contributed by atoms with Crippen LogP contribution in [0.15, 0.2) is 0 Å². The van der Waals surface area contributed by atoms with Crippen LogP contribution in [0.1, 0.15) is 39.5 Å². The molecule has 0 aromatic heterocycles. The summed E-state index contributed by atoms with van der Waals surface area (Å²) in [6.07, 6.45) is 9.39. The third-order valence-electron chi connectivity index (χ3n) is 2.03. The molecule has 0 aliphatic rings. The molecular formula is C10H18O. The molecule has 0 N–H and O–H groups in total. The highest BCUT2D eigenvalue weighted by Crippen LogP contribution is 2.20. The lowest BCUT2D eigenvalue weighted by Gasteiger charge is -2.25. The van der Waals surface area contributed by atoms with Gasteiger partial charge in [0.25, 0.3) is 0 Å². The summed E-state index contributed by atoms with van der Waals surface area (Å²) < 4.78 is 5.34. The lowest BCUT2D eigenvalue weighted by molar-refractivity contribution is 0.00163. The Balaban J connectivity index is 3.80. The zero-order valence-corrected chi connectivity index (χ0v) is 7.81. The van der Waals surface area contributed by atoms with Crippen LogP contribution in [0.25, 0.3) is 0 Å². The maximum Gasteiger partial charge on any atom is 0.0759 e. The predicted octanol–water partition coefficient (Wildman–Crippen LogP) is 2.61. The summed E-state index contributed by atoms with van der Waals surface area (Å²) in [7, 11) is 1.73. The molecule has 0 aromatic rings. The molecule has 0 aliphatic heterocycles. The number of terminal acetylenes is 1. The number of hydrogen-bond acceptors (Lipinski definition) is 1. The second-order valence-electron chi connectivity index (χ2n) is 3.14. The molecule has 0 aliphatic carbocycles. The first-order valence-corrected chi connectivity index (χ1v) is 4.17. The fourth-order valence-electron chi connectivity index (χ4n) is 1.03. The highest BCUT2D eigenvalue weighted by atomic mass is 16.5. The van der Waals surface area contributed by atoms with Crippen molar-refractivity contribution in [3.8, 4) is 12.3 Å². The lowest BCUT2D eigenvalue weighted by atomic mass is 9.95. The van der Waals surface area contributed by atoms with Crippen molar-refractivity contribution in [2.45, 2.75) is 45.1 Å². The van der Waals surface area contributed by atoms with Gasteiger partial charge in [-0.2, -0.15) is 0 Å². The van der Waals surface area contributed by atoms with Gasteiger partial charge in [0.1, 0.15) is 0 Å². The minimum Gasteiger partial charge on any atom is -0.378 e. The van der Waals surface area contributed by atoms with Gasteiger partial charge in [-0.3, -0.25) is 0 Å². The zero-order chi connectivity index (χ0) is 8.74. The van der Waals surface area contributed by atoms with Crippen LogP contribution in [0.3, 0.4) is 0 Å².